The van der Waals surface area contributed by atoms with Crippen molar-refractivity contribution in [1.29, 1.82) is 0 Å². The van der Waals surface area contributed by atoms with Crippen molar-refractivity contribution in [2.24, 2.45) is 0 Å². The molecule has 0 fully saturated rings. The molecular formula is C8H8BrFO3S. The molecule has 0 radical (unpaired) electrons. The molecule has 0 aliphatic rings. The summed E-state index contributed by atoms with van der Waals surface area (Å²) in [5, 5.41) is 9.39. The highest BCUT2D eigenvalue weighted by molar-refractivity contribution is 9.10. The van der Waals surface area contributed by atoms with E-state index < -0.39 is 22.1 Å². The third-order valence-corrected chi connectivity index (χ3v) is 3.06. The van der Waals surface area contributed by atoms with E-state index in [4.69, 9.17) is 0 Å². The zero-order chi connectivity index (χ0) is 10.8. The molecule has 78 valence electrons. The van der Waals surface area contributed by atoms with Crippen LogP contribution < -0.4 is 0 Å². The summed E-state index contributed by atoms with van der Waals surface area (Å²) in [5.41, 5.74) is 0.355. The van der Waals surface area contributed by atoms with Crippen molar-refractivity contribution in [3.63, 3.8) is 0 Å². The van der Waals surface area contributed by atoms with Crippen molar-refractivity contribution < 1.29 is 17.4 Å². The van der Waals surface area contributed by atoms with E-state index in [1.807, 2.05) is 0 Å². The van der Waals surface area contributed by atoms with Gasteiger partial charge in [-0.25, -0.2) is 0 Å². The number of aliphatic hydroxyl groups is 1. The molecule has 0 spiro atoms. The fourth-order valence-corrected chi connectivity index (χ4v) is 2.13. The lowest BCUT2D eigenvalue weighted by Gasteiger charge is -2.09. The largest absolute Gasteiger partial charge is 0.387 e. The first-order valence-corrected chi connectivity index (χ1v) is 6.09. The molecular weight excluding hydrogens is 275 g/mol. The van der Waals surface area contributed by atoms with Gasteiger partial charge in [0.15, 0.2) is 0 Å². The monoisotopic (exact) mass is 282 g/mol. The molecule has 0 heterocycles. The van der Waals surface area contributed by atoms with E-state index in [1.165, 1.54) is 6.07 Å². The zero-order valence-electron chi connectivity index (χ0n) is 7.02. The highest BCUT2D eigenvalue weighted by Gasteiger charge is 2.18. The van der Waals surface area contributed by atoms with Gasteiger partial charge in [0.2, 0.25) is 0 Å². The Labute approximate surface area is 89.9 Å². The van der Waals surface area contributed by atoms with E-state index in [2.05, 4.69) is 15.9 Å². The topological polar surface area (TPSA) is 54.4 Å². The Kier molecular flexibility index (Phi) is 3.63. The predicted octanol–water partition coefficient (Wildman–Crippen LogP) is 1.78. The number of aliphatic hydroxyl groups excluding tert-OH is 1. The Hall–Kier alpha value is -0.460. The maximum atomic E-state index is 12.3. The number of rotatable bonds is 3. The Morgan fingerprint density at radius 1 is 1.43 bits per heavy atom. The van der Waals surface area contributed by atoms with Crippen LogP contribution in [-0.4, -0.2) is 19.3 Å². The van der Waals surface area contributed by atoms with E-state index in [-0.39, 0.29) is 0 Å². The summed E-state index contributed by atoms with van der Waals surface area (Å²) in [4.78, 5) is 0. The summed E-state index contributed by atoms with van der Waals surface area (Å²) in [6, 6.07) is 6.52. The van der Waals surface area contributed by atoms with Crippen LogP contribution in [0.1, 0.15) is 11.7 Å². The summed E-state index contributed by atoms with van der Waals surface area (Å²) < 4.78 is 33.4. The SMILES string of the molecule is O=S(=O)(F)CC(O)c1ccccc1Br. The van der Waals surface area contributed by atoms with Crippen LogP contribution in [0.25, 0.3) is 0 Å². The molecule has 0 saturated heterocycles. The minimum Gasteiger partial charge on any atom is -0.387 e. The Morgan fingerprint density at radius 2 is 2.00 bits per heavy atom. The molecule has 1 atom stereocenters. The molecule has 1 aromatic carbocycles. The van der Waals surface area contributed by atoms with E-state index in [9.17, 15) is 17.4 Å². The fraction of sp³-hybridized carbons (Fsp3) is 0.250. The van der Waals surface area contributed by atoms with Gasteiger partial charge in [-0.3, -0.25) is 0 Å². The lowest BCUT2D eigenvalue weighted by molar-refractivity contribution is 0.199. The number of halogens is 2. The summed E-state index contributed by atoms with van der Waals surface area (Å²) in [5.74, 6) is -0.921. The molecule has 0 aliphatic heterocycles. The maximum Gasteiger partial charge on any atom is 0.305 e. The molecule has 1 unspecified atom stereocenters. The van der Waals surface area contributed by atoms with Gasteiger partial charge in [-0.15, -0.1) is 3.89 Å². The minimum absolute atomic E-state index is 0.355. The second kappa shape index (κ2) is 4.37. The molecule has 0 amide bonds. The lowest BCUT2D eigenvalue weighted by atomic mass is 10.1. The molecule has 0 aliphatic carbocycles. The van der Waals surface area contributed by atoms with Gasteiger partial charge in [-0.1, -0.05) is 34.1 Å². The van der Waals surface area contributed by atoms with Gasteiger partial charge >= 0.3 is 10.2 Å². The first-order valence-electron chi connectivity index (χ1n) is 3.75. The van der Waals surface area contributed by atoms with E-state index in [0.717, 1.165) is 0 Å². The van der Waals surface area contributed by atoms with Crippen molar-refractivity contribution in [3.8, 4) is 0 Å². The van der Waals surface area contributed by atoms with Crippen LogP contribution in [0.5, 0.6) is 0 Å². The highest BCUT2D eigenvalue weighted by atomic mass is 79.9. The highest BCUT2D eigenvalue weighted by Crippen LogP contribution is 2.24. The molecule has 6 heteroatoms. The van der Waals surface area contributed by atoms with Crippen LogP contribution in [-0.2, 0) is 10.2 Å². The van der Waals surface area contributed by atoms with Crippen LogP contribution >= 0.6 is 15.9 Å². The molecule has 0 bridgehead atoms. The van der Waals surface area contributed by atoms with Crippen LogP contribution in [0.15, 0.2) is 28.7 Å². The normalized spacial score (nSPS) is 13.9. The van der Waals surface area contributed by atoms with Gasteiger partial charge in [0.25, 0.3) is 0 Å². The van der Waals surface area contributed by atoms with Gasteiger partial charge < -0.3 is 5.11 Å². The number of benzene rings is 1. The Bertz CT molecular complexity index is 418. The van der Waals surface area contributed by atoms with Gasteiger partial charge in [0.1, 0.15) is 5.75 Å². The standard InChI is InChI=1S/C8H8BrFO3S/c9-7-4-2-1-3-6(7)8(11)5-14(10,12)13/h1-4,8,11H,5H2. The lowest BCUT2D eigenvalue weighted by Crippen LogP contribution is -2.10. The summed E-state index contributed by atoms with van der Waals surface area (Å²) in [6.07, 6.45) is -1.35. The van der Waals surface area contributed by atoms with Crippen molar-refractivity contribution in [3.05, 3.63) is 34.3 Å². The first-order chi connectivity index (χ1) is 6.40. The zero-order valence-corrected chi connectivity index (χ0v) is 9.42. The Balaban J connectivity index is 2.90. The summed E-state index contributed by atoms with van der Waals surface area (Å²) in [6.45, 7) is 0. The predicted molar refractivity (Wildman–Crippen MR) is 54.0 cm³/mol. The molecule has 1 rings (SSSR count). The quantitative estimate of drug-likeness (QED) is 0.860. The van der Waals surface area contributed by atoms with Gasteiger partial charge in [-0.05, 0) is 11.6 Å². The molecule has 0 aromatic heterocycles. The van der Waals surface area contributed by atoms with Crippen molar-refractivity contribution >= 4 is 26.2 Å². The average Bonchev–Trinajstić information content (AvgIpc) is 2.01. The van der Waals surface area contributed by atoms with Crippen LogP contribution in [0.2, 0.25) is 0 Å². The van der Waals surface area contributed by atoms with Crippen molar-refractivity contribution in [1.82, 2.24) is 0 Å². The Morgan fingerprint density at radius 3 is 2.50 bits per heavy atom. The van der Waals surface area contributed by atoms with Gasteiger partial charge in [0.05, 0.1) is 6.10 Å². The summed E-state index contributed by atoms with van der Waals surface area (Å²) in [7, 11) is -4.66. The third-order valence-electron chi connectivity index (χ3n) is 1.62. The fourth-order valence-electron chi connectivity index (χ4n) is 1.02. The molecule has 14 heavy (non-hydrogen) atoms. The molecule has 1 aromatic rings. The van der Waals surface area contributed by atoms with Crippen molar-refractivity contribution in [2.45, 2.75) is 6.10 Å². The average molecular weight is 283 g/mol. The maximum absolute atomic E-state index is 12.3. The summed E-state index contributed by atoms with van der Waals surface area (Å²) >= 11 is 3.13. The van der Waals surface area contributed by atoms with E-state index in [1.54, 1.807) is 18.2 Å². The second-order valence-corrected chi connectivity index (χ2v) is 5.01. The van der Waals surface area contributed by atoms with Crippen LogP contribution in [0.3, 0.4) is 0 Å². The number of hydrogen-bond donors (Lipinski definition) is 1. The number of hydrogen-bond acceptors (Lipinski definition) is 3. The van der Waals surface area contributed by atoms with Gasteiger partial charge in [0, 0.05) is 4.47 Å². The van der Waals surface area contributed by atoms with Gasteiger partial charge in [-0.2, -0.15) is 8.42 Å². The first kappa shape index (κ1) is 11.6. The molecule has 1 N–H and O–H groups in total. The van der Waals surface area contributed by atoms with Crippen LogP contribution in [0.4, 0.5) is 3.89 Å². The van der Waals surface area contributed by atoms with E-state index >= 15 is 0 Å². The van der Waals surface area contributed by atoms with Crippen LogP contribution in [0, 0.1) is 0 Å². The molecule has 0 saturated carbocycles. The van der Waals surface area contributed by atoms with E-state index in [0.29, 0.717) is 10.0 Å². The second-order valence-electron chi connectivity index (χ2n) is 2.74. The third kappa shape index (κ3) is 3.36. The molecule has 3 nitrogen and oxygen atoms in total. The smallest absolute Gasteiger partial charge is 0.305 e. The minimum atomic E-state index is -4.66. The van der Waals surface area contributed by atoms with Crippen molar-refractivity contribution in [2.75, 3.05) is 5.75 Å².